The second-order valence-corrected chi connectivity index (χ2v) is 5.47. The molecule has 0 aromatic rings. The van der Waals surface area contributed by atoms with Crippen LogP contribution in [0.25, 0.3) is 0 Å². The van der Waals surface area contributed by atoms with Gasteiger partial charge >= 0.3 is 5.97 Å². The van der Waals surface area contributed by atoms with Crippen LogP contribution in [0.3, 0.4) is 0 Å². The van der Waals surface area contributed by atoms with Gasteiger partial charge in [-0.1, -0.05) is 15.9 Å². The number of ether oxygens (including phenoxy) is 1. The SMILES string of the molecule is CC(C)(C)OC(=O)[C@H]1CCCN1C(=O)CBr. The second kappa shape index (κ2) is 5.17. The second-order valence-electron chi connectivity index (χ2n) is 4.91. The molecule has 0 aromatic carbocycles. The van der Waals surface area contributed by atoms with Crippen LogP contribution in [0.4, 0.5) is 0 Å². The Bertz CT molecular complexity index is 285. The van der Waals surface area contributed by atoms with Crippen molar-refractivity contribution in [2.24, 2.45) is 0 Å². The molecule has 1 amide bonds. The summed E-state index contributed by atoms with van der Waals surface area (Å²) in [5.74, 6) is -0.340. The van der Waals surface area contributed by atoms with E-state index in [1.54, 1.807) is 4.90 Å². The van der Waals surface area contributed by atoms with Gasteiger partial charge in [-0.3, -0.25) is 4.79 Å². The number of hydrogen-bond donors (Lipinski definition) is 0. The molecule has 4 nitrogen and oxygen atoms in total. The Morgan fingerprint density at radius 1 is 1.44 bits per heavy atom. The van der Waals surface area contributed by atoms with Crippen LogP contribution >= 0.6 is 15.9 Å². The van der Waals surface area contributed by atoms with Gasteiger partial charge in [0.15, 0.2) is 0 Å². The Kier molecular flexibility index (Phi) is 4.35. The third-order valence-corrected chi connectivity index (χ3v) is 2.85. The molecule has 1 rings (SSSR count). The van der Waals surface area contributed by atoms with E-state index < -0.39 is 11.6 Å². The van der Waals surface area contributed by atoms with Gasteiger partial charge in [0.2, 0.25) is 5.91 Å². The molecule has 0 radical (unpaired) electrons. The minimum Gasteiger partial charge on any atom is -0.458 e. The highest BCUT2D eigenvalue weighted by molar-refractivity contribution is 9.09. The highest BCUT2D eigenvalue weighted by Gasteiger charge is 2.36. The Hall–Kier alpha value is -0.580. The summed E-state index contributed by atoms with van der Waals surface area (Å²) in [6.45, 7) is 6.14. The van der Waals surface area contributed by atoms with Crippen molar-refractivity contribution in [1.29, 1.82) is 0 Å². The van der Waals surface area contributed by atoms with Crippen molar-refractivity contribution in [3.8, 4) is 0 Å². The van der Waals surface area contributed by atoms with Gasteiger partial charge in [0.05, 0.1) is 5.33 Å². The monoisotopic (exact) mass is 291 g/mol. The third kappa shape index (κ3) is 3.47. The molecule has 1 aliphatic rings. The fourth-order valence-electron chi connectivity index (χ4n) is 1.76. The lowest BCUT2D eigenvalue weighted by Crippen LogP contribution is -2.44. The van der Waals surface area contributed by atoms with Crippen LogP contribution in [0.5, 0.6) is 0 Å². The molecule has 1 fully saturated rings. The van der Waals surface area contributed by atoms with Crippen molar-refractivity contribution < 1.29 is 14.3 Å². The minimum atomic E-state index is -0.497. The van der Waals surface area contributed by atoms with E-state index in [1.807, 2.05) is 20.8 Å². The summed E-state index contributed by atoms with van der Waals surface area (Å²) in [6, 6.07) is -0.399. The summed E-state index contributed by atoms with van der Waals surface area (Å²) in [5, 5.41) is 0.256. The molecule has 16 heavy (non-hydrogen) atoms. The molecule has 0 N–H and O–H groups in total. The first kappa shape index (κ1) is 13.5. The Morgan fingerprint density at radius 2 is 2.06 bits per heavy atom. The number of carbonyl (C=O) groups excluding carboxylic acids is 2. The first-order valence-electron chi connectivity index (χ1n) is 5.43. The molecular formula is C11H18BrNO3. The van der Waals surface area contributed by atoms with Gasteiger partial charge in [0.25, 0.3) is 0 Å². The van der Waals surface area contributed by atoms with Crippen LogP contribution in [0.15, 0.2) is 0 Å². The number of amides is 1. The zero-order valence-corrected chi connectivity index (χ0v) is 11.5. The van der Waals surface area contributed by atoms with Crippen molar-refractivity contribution in [3.63, 3.8) is 0 Å². The molecule has 0 aliphatic carbocycles. The van der Waals surface area contributed by atoms with Crippen LogP contribution in [0, 0.1) is 0 Å². The number of halogens is 1. The van der Waals surface area contributed by atoms with Gasteiger partial charge in [0.1, 0.15) is 11.6 Å². The van der Waals surface area contributed by atoms with Gasteiger partial charge in [-0.15, -0.1) is 0 Å². The lowest BCUT2D eigenvalue weighted by atomic mass is 10.1. The summed E-state index contributed by atoms with van der Waals surface area (Å²) >= 11 is 3.12. The first-order valence-corrected chi connectivity index (χ1v) is 6.55. The molecular weight excluding hydrogens is 274 g/mol. The van der Waals surface area contributed by atoms with E-state index in [0.717, 1.165) is 6.42 Å². The highest BCUT2D eigenvalue weighted by atomic mass is 79.9. The number of nitrogens with zero attached hydrogens (tertiary/aromatic N) is 1. The minimum absolute atomic E-state index is 0.0478. The molecule has 92 valence electrons. The van der Waals surface area contributed by atoms with Crippen LogP contribution in [-0.4, -0.2) is 40.3 Å². The van der Waals surface area contributed by atoms with Gasteiger partial charge in [-0.25, -0.2) is 4.79 Å². The smallest absolute Gasteiger partial charge is 0.329 e. The number of alkyl halides is 1. The molecule has 0 spiro atoms. The Labute approximate surface area is 104 Å². The lowest BCUT2D eigenvalue weighted by molar-refractivity contribution is -0.162. The van der Waals surface area contributed by atoms with Gasteiger partial charge in [-0.05, 0) is 33.6 Å². The molecule has 1 atom stereocenters. The molecule has 1 heterocycles. The van der Waals surface area contributed by atoms with Crippen LogP contribution in [-0.2, 0) is 14.3 Å². The first-order chi connectivity index (χ1) is 7.35. The van der Waals surface area contributed by atoms with Crippen molar-refractivity contribution >= 4 is 27.8 Å². The number of esters is 1. The number of carbonyl (C=O) groups is 2. The maximum Gasteiger partial charge on any atom is 0.329 e. The van der Waals surface area contributed by atoms with E-state index in [1.165, 1.54) is 0 Å². The highest BCUT2D eigenvalue weighted by Crippen LogP contribution is 2.21. The van der Waals surface area contributed by atoms with Crippen molar-refractivity contribution in [2.45, 2.75) is 45.3 Å². The van der Waals surface area contributed by atoms with Crippen LogP contribution < -0.4 is 0 Å². The van der Waals surface area contributed by atoms with Crippen LogP contribution in [0.2, 0.25) is 0 Å². The summed E-state index contributed by atoms with van der Waals surface area (Å²) in [6.07, 6.45) is 1.57. The average Bonchev–Trinajstić information content (AvgIpc) is 2.62. The maximum atomic E-state index is 11.9. The van der Waals surface area contributed by atoms with Crippen molar-refractivity contribution in [2.75, 3.05) is 11.9 Å². The summed E-state index contributed by atoms with van der Waals surface area (Å²) in [7, 11) is 0. The Morgan fingerprint density at radius 3 is 2.56 bits per heavy atom. The number of rotatable bonds is 2. The maximum absolute atomic E-state index is 11.9. The van der Waals surface area contributed by atoms with Gasteiger partial charge in [0, 0.05) is 6.54 Å². The standard InChI is InChI=1S/C11H18BrNO3/c1-11(2,3)16-10(15)8-5-4-6-13(8)9(14)7-12/h8H,4-7H2,1-3H3/t8-/m1/s1. The third-order valence-electron chi connectivity index (χ3n) is 2.37. The van der Waals surface area contributed by atoms with E-state index in [0.29, 0.717) is 13.0 Å². The molecule has 0 aromatic heterocycles. The molecule has 5 heteroatoms. The lowest BCUT2D eigenvalue weighted by Gasteiger charge is -2.27. The van der Waals surface area contributed by atoms with Gasteiger partial charge < -0.3 is 9.64 Å². The summed E-state index contributed by atoms with van der Waals surface area (Å²) < 4.78 is 5.30. The number of hydrogen-bond acceptors (Lipinski definition) is 3. The number of likely N-dealkylation sites (tertiary alicyclic amines) is 1. The molecule has 1 aliphatic heterocycles. The fraction of sp³-hybridized carbons (Fsp3) is 0.818. The van der Waals surface area contributed by atoms with E-state index >= 15 is 0 Å². The summed E-state index contributed by atoms with van der Waals surface area (Å²) in [5.41, 5.74) is -0.497. The van der Waals surface area contributed by atoms with E-state index in [-0.39, 0.29) is 17.2 Å². The zero-order chi connectivity index (χ0) is 12.3. The largest absolute Gasteiger partial charge is 0.458 e. The Balaban J connectivity index is 2.65. The molecule has 0 unspecified atom stereocenters. The summed E-state index contributed by atoms with van der Waals surface area (Å²) in [4.78, 5) is 25.0. The molecule has 1 saturated heterocycles. The topological polar surface area (TPSA) is 46.6 Å². The van der Waals surface area contributed by atoms with E-state index in [4.69, 9.17) is 4.74 Å². The zero-order valence-electron chi connectivity index (χ0n) is 9.96. The fourth-order valence-corrected chi connectivity index (χ4v) is 2.08. The predicted octanol–water partition coefficient (Wildman–Crippen LogP) is 1.71. The molecule has 0 bridgehead atoms. The van der Waals surface area contributed by atoms with Gasteiger partial charge in [-0.2, -0.15) is 0 Å². The molecule has 0 saturated carbocycles. The van der Waals surface area contributed by atoms with E-state index in [9.17, 15) is 9.59 Å². The van der Waals surface area contributed by atoms with E-state index in [2.05, 4.69) is 15.9 Å². The predicted molar refractivity (Wildman–Crippen MR) is 64.4 cm³/mol. The average molecular weight is 292 g/mol. The van der Waals surface area contributed by atoms with Crippen molar-refractivity contribution in [1.82, 2.24) is 4.90 Å². The normalized spacial score (nSPS) is 21.0. The quantitative estimate of drug-likeness (QED) is 0.575. The van der Waals surface area contributed by atoms with Crippen LogP contribution in [0.1, 0.15) is 33.6 Å². The van der Waals surface area contributed by atoms with Crippen molar-refractivity contribution in [3.05, 3.63) is 0 Å².